The van der Waals surface area contributed by atoms with E-state index in [1.54, 1.807) is 0 Å². The molecule has 5 rings (SSSR count). The normalized spacial score (nSPS) is 15.9. The van der Waals surface area contributed by atoms with Crippen molar-refractivity contribution in [1.29, 1.82) is 0 Å². The molecule has 1 aliphatic carbocycles. The van der Waals surface area contributed by atoms with Crippen molar-refractivity contribution in [3.8, 4) is 11.1 Å². The van der Waals surface area contributed by atoms with E-state index in [1.807, 2.05) is 68.4 Å². The van der Waals surface area contributed by atoms with E-state index < -0.39 is 0 Å². The fourth-order valence-electron chi connectivity index (χ4n) is 4.25. The molecule has 0 bridgehead atoms. The van der Waals surface area contributed by atoms with Gasteiger partial charge < -0.3 is 4.57 Å². The van der Waals surface area contributed by atoms with E-state index >= 15 is 0 Å². The molecule has 26 heavy (non-hydrogen) atoms. The Morgan fingerprint density at radius 1 is 1.08 bits per heavy atom. The molecule has 2 aromatic rings. The van der Waals surface area contributed by atoms with Crippen LogP contribution in [0.1, 0.15) is 10.4 Å². The topological polar surface area (TPSA) is 52.0 Å². The number of aryl methyl sites for hydroxylation is 1. The highest BCUT2D eigenvalue weighted by Gasteiger charge is 2.40. The molecule has 5 heteroatoms. The van der Waals surface area contributed by atoms with Crippen LogP contribution < -0.4 is 9.91 Å². The van der Waals surface area contributed by atoms with Crippen molar-refractivity contribution in [2.45, 2.75) is 0 Å². The number of fused-ring (bicyclic) bond motifs is 4. The average Bonchev–Trinajstić information content (AvgIpc) is 2.59. The molecule has 5 nitrogen and oxygen atoms in total. The van der Waals surface area contributed by atoms with E-state index in [9.17, 15) is 9.59 Å². The second-order valence-corrected chi connectivity index (χ2v) is 7.61. The molecular formula is C21H18N3O2+. The summed E-state index contributed by atoms with van der Waals surface area (Å²) in [5.74, 6) is 0.0614. The second-order valence-electron chi connectivity index (χ2n) is 7.61. The number of aromatic nitrogens is 2. The molecule has 0 saturated heterocycles. The van der Waals surface area contributed by atoms with Crippen molar-refractivity contribution < 1.29 is 4.79 Å². The fraction of sp³-hybridized carbons (Fsp3) is 0.190. The van der Waals surface area contributed by atoms with Crippen molar-refractivity contribution in [3.05, 3.63) is 58.5 Å². The standard InChI is InChI=1S/C21H18N3O2/c1-23-9-8-12-14(10-23)21(26)20-18-17(16(25)11-24(20,2)3)13-6-4-5-7-15(13)22-19(12)18/h4-10H,11H2,1-3H3/q+1. The predicted octanol–water partition coefficient (Wildman–Crippen LogP) is 2.95. The number of nitrogens with zero attached hydrogens (tertiary/aromatic N) is 3. The quantitative estimate of drug-likeness (QED) is 0.280. The first-order valence-corrected chi connectivity index (χ1v) is 8.59. The van der Waals surface area contributed by atoms with Gasteiger partial charge in [0.25, 0.3) is 0 Å². The lowest BCUT2D eigenvalue weighted by Crippen LogP contribution is -2.50. The van der Waals surface area contributed by atoms with Crippen molar-refractivity contribution in [3.63, 3.8) is 0 Å². The zero-order valence-corrected chi connectivity index (χ0v) is 14.9. The summed E-state index contributed by atoms with van der Waals surface area (Å²) in [5.41, 5.74) is 4.26. The highest BCUT2D eigenvalue weighted by atomic mass is 16.1. The maximum absolute atomic E-state index is 13.4. The highest BCUT2D eigenvalue weighted by molar-refractivity contribution is 6.24. The number of likely N-dealkylation sites (N-methyl/N-ethyl adjacent to an activating group) is 1. The maximum Gasteiger partial charge on any atom is 0.249 e. The summed E-state index contributed by atoms with van der Waals surface area (Å²) >= 11 is 0. The van der Waals surface area contributed by atoms with Crippen LogP contribution in [0.15, 0.2) is 47.5 Å². The molecule has 0 saturated carbocycles. The minimum atomic E-state index is -0.0143. The van der Waals surface area contributed by atoms with Crippen LogP contribution in [0.4, 0.5) is 5.69 Å². The molecule has 0 amide bonds. The molecule has 1 aromatic carbocycles. The monoisotopic (exact) mass is 344 g/mol. The number of pyridine rings is 2. The third-order valence-corrected chi connectivity index (χ3v) is 5.37. The van der Waals surface area contributed by atoms with Crippen LogP contribution in [0.2, 0.25) is 0 Å². The van der Waals surface area contributed by atoms with Gasteiger partial charge in [-0.25, -0.2) is 4.98 Å². The molecule has 0 atom stereocenters. The van der Waals surface area contributed by atoms with Gasteiger partial charge in [0.1, 0.15) is 6.54 Å². The summed E-state index contributed by atoms with van der Waals surface area (Å²) < 4.78 is 2.12. The van der Waals surface area contributed by atoms with Gasteiger partial charge in [0.05, 0.1) is 36.1 Å². The summed E-state index contributed by atoms with van der Waals surface area (Å²) in [6, 6.07) is 9.59. The van der Waals surface area contributed by atoms with Crippen LogP contribution in [-0.2, 0) is 7.05 Å². The number of Topliss-reactive ketones (excluding diaryl/α,β-unsaturated/α-hetero) is 1. The number of rotatable bonds is 0. The molecule has 1 aromatic heterocycles. The van der Waals surface area contributed by atoms with Crippen molar-refractivity contribution >= 4 is 33.3 Å². The lowest BCUT2D eigenvalue weighted by Gasteiger charge is -2.34. The summed E-state index contributed by atoms with van der Waals surface area (Å²) in [4.78, 5) is 31.3. The average molecular weight is 344 g/mol. The first-order valence-electron chi connectivity index (χ1n) is 8.59. The smallest absolute Gasteiger partial charge is 0.249 e. The largest absolute Gasteiger partial charge is 0.356 e. The van der Waals surface area contributed by atoms with E-state index in [0.29, 0.717) is 16.8 Å². The molecule has 0 unspecified atom stereocenters. The van der Waals surface area contributed by atoms with E-state index in [2.05, 4.69) is 0 Å². The fourth-order valence-corrected chi connectivity index (χ4v) is 4.25. The third kappa shape index (κ3) is 1.81. The summed E-state index contributed by atoms with van der Waals surface area (Å²) in [5, 5.41) is 1.54. The first kappa shape index (κ1) is 15.2. The molecule has 3 heterocycles. The van der Waals surface area contributed by atoms with Crippen LogP contribution >= 0.6 is 0 Å². The van der Waals surface area contributed by atoms with Crippen LogP contribution in [0, 0.1) is 0 Å². The first-order chi connectivity index (χ1) is 12.4. The SMILES string of the molecule is Cn1ccc2c3nc4ccccc4c4c3c(c(=O)c-2c1)[N+](C)(C)CC4=O. The minimum Gasteiger partial charge on any atom is -0.356 e. The van der Waals surface area contributed by atoms with E-state index in [-0.39, 0.29) is 22.2 Å². The number of hydrogen-bond donors (Lipinski definition) is 0. The number of quaternary nitrogens is 1. The Hall–Kier alpha value is -3.05. The van der Waals surface area contributed by atoms with Crippen molar-refractivity contribution in [2.24, 2.45) is 7.05 Å². The molecule has 128 valence electrons. The lowest BCUT2D eigenvalue weighted by atomic mass is 9.88. The Morgan fingerprint density at radius 3 is 2.65 bits per heavy atom. The van der Waals surface area contributed by atoms with Crippen molar-refractivity contribution in [1.82, 2.24) is 14.0 Å². The molecule has 3 aliphatic rings. The Labute approximate surface area is 150 Å². The van der Waals surface area contributed by atoms with Crippen LogP contribution in [0.3, 0.4) is 0 Å². The molecule has 2 aliphatic heterocycles. The van der Waals surface area contributed by atoms with E-state index in [4.69, 9.17) is 4.98 Å². The number of carbonyl (C=O) groups excluding carboxylic acids is 1. The number of para-hydroxylation sites is 1. The van der Waals surface area contributed by atoms with Crippen LogP contribution in [0.25, 0.3) is 32.9 Å². The van der Waals surface area contributed by atoms with Crippen molar-refractivity contribution in [2.75, 3.05) is 20.6 Å². The van der Waals surface area contributed by atoms with Gasteiger partial charge in [-0.15, -0.1) is 0 Å². The lowest BCUT2D eigenvalue weighted by molar-refractivity contribution is 0.0957. The third-order valence-electron chi connectivity index (χ3n) is 5.37. The number of benzene rings is 2. The highest BCUT2D eigenvalue weighted by Crippen LogP contribution is 2.41. The van der Waals surface area contributed by atoms with Gasteiger partial charge in [0.15, 0.2) is 5.69 Å². The second kappa shape index (κ2) is 4.77. The van der Waals surface area contributed by atoms with Gasteiger partial charge in [0, 0.05) is 36.0 Å². The molecule has 0 radical (unpaired) electrons. The summed E-state index contributed by atoms with van der Waals surface area (Å²) in [6.45, 7) is 0.274. The van der Waals surface area contributed by atoms with Gasteiger partial charge in [-0.05, 0) is 12.1 Å². The molecule has 0 fully saturated rings. The number of hydrogen-bond acceptors (Lipinski definition) is 3. The zero-order valence-electron chi connectivity index (χ0n) is 14.9. The Bertz CT molecular complexity index is 1280. The maximum atomic E-state index is 13.4. The summed E-state index contributed by atoms with van der Waals surface area (Å²) in [7, 11) is 5.74. The molecular weight excluding hydrogens is 326 g/mol. The Balaban J connectivity index is 2.19. The Morgan fingerprint density at radius 2 is 1.85 bits per heavy atom. The van der Waals surface area contributed by atoms with Gasteiger partial charge in [-0.1, -0.05) is 18.2 Å². The zero-order chi connectivity index (χ0) is 18.2. The predicted molar refractivity (Wildman–Crippen MR) is 104 cm³/mol. The van der Waals surface area contributed by atoms with E-state index in [0.717, 1.165) is 27.4 Å². The molecule has 0 spiro atoms. The van der Waals surface area contributed by atoms with Gasteiger partial charge in [-0.2, -0.15) is 0 Å². The number of carbonyl (C=O) groups is 1. The van der Waals surface area contributed by atoms with E-state index in [1.165, 1.54) is 0 Å². The van der Waals surface area contributed by atoms with Crippen LogP contribution in [0.5, 0.6) is 0 Å². The number of ketones is 1. The molecule has 0 N–H and O–H groups in total. The van der Waals surface area contributed by atoms with Gasteiger partial charge in [0.2, 0.25) is 11.2 Å². The summed E-state index contributed by atoms with van der Waals surface area (Å²) in [6.07, 6.45) is 3.76. The minimum absolute atomic E-state index is 0.0143. The van der Waals surface area contributed by atoms with Gasteiger partial charge >= 0.3 is 0 Å². The Kier molecular flexibility index (Phi) is 2.79. The van der Waals surface area contributed by atoms with Gasteiger partial charge in [-0.3, -0.25) is 14.1 Å². The van der Waals surface area contributed by atoms with Crippen LogP contribution in [-0.4, -0.2) is 36.0 Å².